The van der Waals surface area contributed by atoms with Gasteiger partial charge in [-0.3, -0.25) is 9.32 Å². The number of esters is 1. The van der Waals surface area contributed by atoms with Gasteiger partial charge in [-0.05, 0) is 55.9 Å². The first-order valence-electron chi connectivity index (χ1n) is 13.5. The van der Waals surface area contributed by atoms with Gasteiger partial charge >= 0.3 is 13.7 Å². The van der Waals surface area contributed by atoms with E-state index in [0.29, 0.717) is 18.6 Å². The minimum atomic E-state index is -4.04. The maximum atomic E-state index is 13.5. The first-order valence-corrected chi connectivity index (χ1v) is 15.1. The number of hydrogen-bond acceptors (Lipinski definition) is 7. The minimum Gasteiger partial charge on any atom is -0.468 e. The Labute approximate surface area is 227 Å². The van der Waals surface area contributed by atoms with Crippen LogP contribution < -0.4 is 15.3 Å². The third-order valence-electron chi connectivity index (χ3n) is 6.47. The molecule has 0 aromatic heterocycles. The smallest absolute Gasteiger partial charge is 0.459 e. The van der Waals surface area contributed by atoms with E-state index in [0.717, 1.165) is 12.0 Å². The third kappa shape index (κ3) is 11.7. The summed E-state index contributed by atoms with van der Waals surface area (Å²) in [5, 5.41) is 12.6. The zero-order valence-electron chi connectivity index (χ0n) is 23.1. The number of unbranched alkanes of at least 4 members (excludes halogenated alkanes) is 5. The number of benzene rings is 2. The summed E-state index contributed by atoms with van der Waals surface area (Å²) in [4.78, 5) is 11.9. The molecule has 9 heteroatoms. The number of aliphatic hydroxyl groups is 1. The lowest BCUT2D eigenvalue weighted by atomic mass is 9.93. The third-order valence-corrected chi connectivity index (χ3v) is 8.09. The molecule has 0 amide bonds. The molecule has 8 nitrogen and oxygen atoms in total. The van der Waals surface area contributed by atoms with E-state index in [9.17, 15) is 14.5 Å². The van der Waals surface area contributed by atoms with Crippen LogP contribution in [0.15, 0.2) is 54.6 Å². The Balaban J connectivity index is 1.94. The molecule has 212 valence electrons. The Morgan fingerprint density at radius 1 is 1.00 bits per heavy atom. The van der Waals surface area contributed by atoms with Crippen molar-refractivity contribution in [2.75, 3.05) is 20.3 Å². The van der Waals surface area contributed by atoms with Crippen molar-refractivity contribution in [2.45, 2.75) is 83.2 Å². The molecular formula is C29H45N2O6P. The Kier molecular flexibility index (Phi) is 14.0. The van der Waals surface area contributed by atoms with Crippen LogP contribution in [0.25, 0.3) is 0 Å². The van der Waals surface area contributed by atoms with E-state index in [4.69, 9.17) is 19.5 Å². The van der Waals surface area contributed by atoms with Crippen molar-refractivity contribution in [1.29, 1.82) is 0 Å². The number of rotatable bonds is 19. The summed E-state index contributed by atoms with van der Waals surface area (Å²) in [5.74, 6) is -0.320. The van der Waals surface area contributed by atoms with Gasteiger partial charge in [0.1, 0.15) is 11.8 Å². The monoisotopic (exact) mass is 548 g/mol. The fourth-order valence-corrected chi connectivity index (χ4v) is 5.55. The number of carbonyl (C=O) groups excluding carboxylic acids is 1. The average Bonchev–Trinajstić information content (AvgIpc) is 2.93. The molecule has 3 atom stereocenters. The van der Waals surface area contributed by atoms with E-state index in [1.807, 2.05) is 0 Å². The van der Waals surface area contributed by atoms with Gasteiger partial charge < -0.3 is 20.1 Å². The first-order chi connectivity index (χ1) is 18.2. The summed E-state index contributed by atoms with van der Waals surface area (Å²) in [6, 6.07) is 16.0. The van der Waals surface area contributed by atoms with Gasteiger partial charge in [-0.25, -0.2) is 4.57 Å². The van der Waals surface area contributed by atoms with Crippen LogP contribution in [0.2, 0.25) is 0 Å². The standard InChI is InChI=1S/C29H45N2O6P/c1-4-5-6-7-8-10-13-25-16-18-26(19-17-25)20-21-29(30,22-32)23-36-38(34,31-24(2)28(33)35-3)37-27-14-11-9-12-15-27/h9,11-12,14-19,24,32H,4-8,10,13,20-23,30H2,1-3H3,(H,31,34)/t24-,29-,38-/m0/s1. The van der Waals surface area contributed by atoms with E-state index in [1.54, 1.807) is 30.3 Å². The van der Waals surface area contributed by atoms with Crippen molar-refractivity contribution in [3.8, 4) is 5.75 Å². The average molecular weight is 549 g/mol. The Bertz CT molecular complexity index is 988. The number of para-hydroxylation sites is 1. The molecule has 2 aromatic rings. The predicted molar refractivity (Wildman–Crippen MR) is 151 cm³/mol. The molecule has 0 aliphatic rings. The fraction of sp³-hybridized carbons (Fsp3) is 0.552. The Hall–Kier alpha value is -2.22. The fourth-order valence-electron chi connectivity index (χ4n) is 3.96. The predicted octanol–water partition coefficient (Wildman–Crippen LogP) is 5.57. The molecule has 0 unspecified atom stereocenters. The van der Waals surface area contributed by atoms with Gasteiger partial charge in [0.05, 0.1) is 25.9 Å². The molecule has 0 fully saturated rings. The van der Waals surface area contributed by atoms with Crippen LogP contribution in [0.4, 0.5) is 0 Å². The molecule has 0 aliphatic carbocycles. The molecule has 0 saturated heterocycles. The number of methoxy groups -OCH3 is 1. The highest BCUT2D eigenvalue weighted by molar-refractivity contribution is 7.52. The van der Waals surface area contributed by atoms with E-state index in [2.05, 4.69) is 36.3 Å². The minimum absolute atomic E-state index is 0.245. The highest BCUT2D eigenvalue weighted by Gasteiger charge is 2.35. The van der Waals surface area contributed by atoms with Crippen LogP contribution in [-0.4, -0.2) is 43.0 Å². The van der Waals surface area contributed by atoms with Crippen molar-refractivity contribution in [3.63, 3.8) is 0 Å². The van der Waals surface area contributed by atoms with Gasteiger partial charge in [-0.15, -0.1) is 0 Å². The summed E-state index contributed by atoms with van der Waals surface area (Å²) < 4.78 is 29.6. The topological polar surface area (TPSA) is 120 Å². The van der Waals surface area contributed by atoms with E-state index in [1.165, 1.54) is 58.1 Å². The maximum absolute atomic E-state index is 13.5. The van der Waals surface area contributed by atoms with Crippen LogP contribution in [0.3, 0.4) is 0 Å². The summed E-state index contributed by atoms with van der Waals surface area (Å²) in [6.07, 6.45) is 9.76. The molecule has 0 heterocycles. The Morgan fingerprint density at radius 2 is 1.61 bits per heavy atom. The van der Waals surface area contributed by atoms with Gasteiger partial charge in [0, 0.05) is 0 Å². The van der Waals surface area contributed by atoms with Gasteiger partial charge in [0.2, 0.25) is 0 Å². The van der Waals surface area contributed by atoms with Gasteiger partial charge in [-0.1, -0.05) is 81.5 Å². The summed E-state index contributed by atoms with van der Waals surface area (Å²) in [5.41, 5.74) is 7.69. The van der Waals surface area contributed by atoms with Crippen molar-refractivity contribution < 1.29 is 28.3 Å². The molecule has 0 saturated carbocycles. The van der Waals surface area contributed by atoms with Gasteiger partial charge in [0.15, 0.2) is 0 Å². The second-order valence-electron chi connectivity index (χ2n) is 9.90. The normalized spacial score (nSPS) is 15.3. The number of carbonyl (C=O) groups is 1. The number of nitrogens with one attached hydrogen (secondary N) is 1. The number of hydrogen-bond donors (Lipinski definition) is 3. The van der Waals surface area contributed by atoms with Crippen LogP contribution in [0, 0.1) is 0 Å². The van der Waals surface area contributed by atoms with Crippen LogP contribution in [0.1, 0.15) is 69.9 Å². The second-order valence-corrected chi connectivity index (χ2v) is 11.6. The number of nitrogens with two attached hydrogens (primary N) is 1. The summed E-state index contributed by atoms with van der Waals surface area (Å²) in [7, 11) is -2.80. The molecule has 38 heavy (non-hydrogen) atoms. The highest BCUT2D eigenvalue weighted by Crippen LogP contribution is 2.45. The van der Waals surface area contributed by atoms with Crippen molar-refractivity contribution in [2.24, 2.45) is 5.73 Å². The Morgan fingerprint density at radius 3 is 2.21 bits per heavy atom. The SMILES string of the molecule is CCCCCCCCc1ccc(CC[C@](N)(CO)CO[P@@](=O)(N[C@@H](C)C(=O)OC)Oc2ccccc2)cc1. The van der Waals surface area contributed by atoms with Crippen molar-refractivity contribution in [1.82, 2.24) is 5.09 Å². The first kappa shape index (κ1) is 32.0. The summed E-state index contributed by atoms with van der Waals surface area (Å²) in [6.45, 7) is 3.10. The molecule has 0 aliphatic heterocycles. The van der Waals surface area contributed by atoms with Crippen molar-refractivity contribution in [3.05, 3.63) is 65.7 Å². The molecular weight excluding hydrogens is 503 g/mol. The summed E-state index contributed by atoms with van der Waals surface area (Å²) >= 11 is 0. The quantitative estimate of drug-likeness (QED) is 0.118. The van der Waals surface area contributed by atoms with Crippen LogP contribution in [-0.2, 0) is 31.5 Å². The highest BCUT2D eigenvalue weighted by atomic mass is 31.2. The second kappa shape index (κ2) is 16.7. The van der Waals surface area contributed by atoms with Crippen molar-refractivity contribution >= 4 is 13.7 Å². The van der Waals surface area contributed by atoms with E-state index in [-0.39, 0.29) is 13.2 Å². The zero-order chi connectivity index (χ0) is 27.9. The lowest BCUT2D eigenvalue weighted by Crippen LogP contribution is -2.49. The zero-order valence-corrected chi connectivity index (χ0v) is 24.0. The molecule has 0 spiro atoms. The lowest BCUT2D eigenvalue weighted by Gasteiger charge is -2.30. The lowest BCUT2D eigenvalue weighted by molar-refractivity contribution is -0.142. The number of ether oxygens (including phenoxy) is 1. The maximum Gasteiger partial charge on any atom is 0.459 e. The van der Waals surface area contributed by atoms with Crippen LogP contribution >= 0.6 is 7.75 Å². The number of aliphatic hydroxyl groups excluding tert-OH is 1. The molecule has 4 N–H and O–H groups in total. The molecule has 0 radical (unpaired) electrons. The number of aryl methyl sites for hydroxylation is 2. The largest absolute Gasteiger partial charge is 0.468 e. The van der Waals surface area contributed by atoms with Gasteiger partial charge in [0.25, 0.3) is 0 Å². The molecule has 0 bridgehead atoms. The molecule has 2 aromatic carbocycles. The van der Waals surface area contributed by atoms with Gasteiger partial charge in [-0.2, -0.15) is 5.09 Å². The molecule has 2 rings (SSSR count). The van der Waals surface area contributed by atoms with Crippen LogP contribution in [0.5, 0.6) is 5.75 Å². The van der Waals surface area contributed by atoms with E-state index >= 15 is 0 Å². The van der Waals surface area contributed by atoms with E-state index < -0.39 is 25.3 Å².